The Balaban J connectivity index is 2.28. The predicted octanol–water partition coefficient (Wildman–Crippen LogP) is 7.17. The van der Waals surface area contributed by atoms with Crippen LogP contribution in [0.4, 0.5) is 0 Å². The normalized spacial score (nSPS) is 19.7. The molecule has 0 saturated carbocycles. The third-order valence-electron chi connectivity index (χ3n) is 5.57. The fraction of sp³-hybridized carbons (Fsp3) is 0.417. The third kappa shape index (κ3) is 3.80. The molecule has 0 amide bonds. The van der Waals surface area contributed by atoms with E-state index >= 15 is 0 Å². The number of rotatable bonds is 6. The van der Waals surface area contributed by atoms with Crippen molar-refractivity contribution in [2.75, 3.05) is 0 Å². The minimum atomic E-state index is 0.392. The van der Waals surface area contributed by atoms with E-state index in [2.05, 4.69) is 91.1 Å². The van der Waals surface area contributed by atoms with Crippen LogP contribution in [0.25, 0.3) is 5.57 Å². The molecule has 0 aromatic heterocycles. The van der Waals surface area contributed by atoms with Gasteiger partial charge in [-0.15, -0.1) is 0 Å². The molecule has 0 aliphatic heterocycles. The van der Waals surface area contributed by atoms with E-state index < -0.39 is 0 Å². The summed E-state index contributed by atoms with van der Waals surface area (Å²) >= 11 is 0. The van der Waals surface area contributed by atoms with Gasteiger partial charge in [0.2, 0.25) is 0 Å². The monoisotopic (exact) mass is 320 g/mol. The third-order valence-corrected chi connectivity index (χ3v) is 5.57. The van der Waals surface area contributed by atoms with Crippen LogP contribution in [0.2, 0.25) is 0 Å². The topological polar surface area (TPSA) is 0 Å². The molecule has 0 bridgehead atoms. The van der Waals surface area contributed by atoms with Gasteiger partial charge in [-0.3, -0.25) is 0 Å². The molecule has 0 heterocycles. The van der Waals surface area contributed by atoms with Crippen LogP contribution in [0, 0.1) is 17.8 Å². The summed E-state index contributed by atoms with van der Waals surface area (Å²) in [6, 6.07) is 9.00. The molecule has 1 aromatic carbocycles. The molecule has 0 radical (unpaired) electrons. The molecule has 0 spiro atoms. The maximum Gasteiger partial charge on any atom is 0.0240 e. The van der Waals surface area contributed by atoms with Crippen LogP contribution < -0.4 is 0 Å². The van der Waals surface area contributed by atoms with Crippen LogP contribution in [0.1, 0.15) is 58.6 Å². The average Bonchev–Trinajstić information content (AvgIpc) is 2.94. The lowest BCUT2D eigenvalue weighted by molar-refractivity contribution is 0.490. The molecule has 1 aliphatic carbocycles. The van der Waals surface area contributed by atoms with Crippen molar-refractivity contribution in [2.24, 2.45) is 17.8 Å². The van der Waals surface area contributed by atoms with Gasteiger partial charge in [0.15, 0.2) is 0 Å². The molecule has 2 rings (SSSR count). The van der Waals surface area contributed by atoms with Crippen LogP contribution in [0.3, 0.4) is 0 Å². The summed E-state index contributed by atoms with van der Waals surface area (Å²) in [6.07, 6.45) is 4.76. The van der Waals surface area contributed by atoms with E-state index in [1.54, 1.807) is 0 Å². The Morgan fingerprint density at radius 3 is 2.08 bits per heavy atom. The van der Waals surface area contributed by atoms with Gasteiger partial charge >= 0.3 is 0 Å². The van der Waals surface area contributed by atoms with Crippen molar-refractivity contribution in [3.63, 3.8) is 0 Å². The van der Waals surface area contributed by atoms with Gasteiger partial charge in [-0.1, -0.05) is 94.0 Å². The highest BCUT2D eigenvalue weighted by Gasteiger charge is 2.27. The van der Waals surface area contributed by atoms with Crippen LogP contribution in [0.5, 0.6) is 0 Å². The fourth-order valence-corrected chi connectivity index (χ4v) is 3.42. The Labute approximate surface area is 148 Å². The molecule has 1 aromatic rings. The Morgan fingerprint density at radius 1 is 1.00 bits per heavy atom. The number of benzene rings is 1. The van der Waals surface area contributed by atoms with E-state index in [0.717, 1.165) is 0 Å². The molecule has 0 fully saturated rings. The highest BCUT2D eigenvalue weighted by molar-refractivity contribution is 5.65. The van der Waals surface area contributed by atoms with Crippen molar-refractivity contribution >= 4 is 5.57 Å². The Kier molecular flexibility index (Phi) is 5.70. The second-order valence-electron chi connectivity index (χ2n) is 7.76. The van der Waals surface area contributed by atoms with Gasteiger partial charge in [0.25, 0.3) is 0 Å². The van der Waals surface area contributed by atoms with Crippen molar-refractivity contribution in [1.29, 1.82) is 0 Å². The minimum absolute atomic E-state index is 0.392. The first-order valence-corrected chi connectivity index (χ1v) is 9.06. The van der Waals surface area contributed by atoms with Crippen LogP contribution in [-0.4, -0.2) is 0 Å². The molecule has 1 aliphatic rings. The Bertz CT molecular complexity index is 679. The van der Waals surface area contributed by atoms with E-state index in [9.17, 15) is 0 Å². The fourth-order valence-electron chi connectivity index (χ4n) is 3.42. The highest BCUT2D eigenvalue weighted by atomic mass is 14.3. The molecule has 0 heteroatoms. The van der Waals surface area contributed by atoms with Crippen molar-refractivity contribution in [1.82, 2.24) is 0 Å². The van der Waals surface area contributed by atoms with Crippen molar-refractivity contribution in [2.45, 2.75) is 47.5 Å². The van der Waals surface area contributed by atoms with Gasteiger partial charge in [0.05, 0.1) is 0 Å². The van der Waals surface area contributed by atoms with Crippen molar-refractivity contribution in [3.05, 3.63) is 77.4 Å². The molecule has 3 atom stereocenters. The SMILES string of the molecule is C=C(c1ccc(C2C=C(C)C=C2[C@H](C)C(C)C(=C)C)cc1)C(C)C. The second-order valence-corrected chi connectivity index (χ2v) is 7.76. The summed E-state index contributed by atoms with van der Waals surface area (Å²) in [6.45, 7) is 21.7. The molecule has 2 unspecified atom stereocenters. The van der Waals surface area contributed by atoms with E-state index in [-0.39, 0.29) is 0 Å². The van der Waals surface area contributed by atoms with E-state index in [0.29, 0.717) is 23.7 Å². The van der Waals surface area contributed by atoms with Crippen molar-refractivity contribution < 1.29 is 0 Å². The Morgan fingerprint density at radius 2 is 1.58 bits per heavy atom. The summed E-state index contributed by atoms with van der Waals surface area (Å²) in [5.41, 5.74) is 7.97. The number of hydrogen-bond donors (Lipinski definition) is 0. The first kappa shape index (κ1) is 18.5. The maximum absolute atomic E-state index is 4.22. The second kappa shape index (κ2) is 7.38. The largest absolute Gasteiger partial charge is 0.0998 e. The van der Waals surface area contributed by atoms with E-state index in [1.807, 2.05) is 0 Å². The predicted molar refractivity (Wildman–Crippen MR) is 108 cm³/mol. The zero-order valence-electron chi connectivity index (χ0n) is 16.2. The molecule has 0 saturated heterocycles. The zero-order valence-corrected chi connectivity index (χ0v) is 16.2. The first-order valence-electron chi connectivity index (χ1n) is 9.06. The molecular formula is C24H32. The van der Waals surface area contributed by atoms with Gasteiger partial charge in [-0.2, -0.15) is 0 Å². The highest BCUT2D eigenvalue weighted by Crippen LogP contribution is 2.41. The van der Waals surface area contributed by atoms with E-state index in [4.69, 9.17) is 0 Å². The summed E-state index contributed by atoms with van der Waals surface area (Å²) in [5, 5.41) is 0. The lowest BCUT2D eigenvalue weighted by Crippen LogP contribution is -2.15. The molecule has 0 N–H and O–H groups in total. The molecule has 0 nitrogen and oxygen atoms in total. The molecular weight excluding hydrogens is 288 g/mol. The summed E-state index contributed by atoms with van der Waals surface area (Å²) in [5.74, 6) is 1.88. The summed E-state index contributed by atoms with van der Waals surface area (Å²) < 4.78 is 0. The van der Waals surface area contributed by atoms with E-state index in [1.165, 1.54) is 33.4 Å². The van der Waals surface area contributed by atoms with Crippen LogP contribution in [0.15, 0.2) is 66.3 Å². The van der Waals surface area contributed by atoms with Crippen LogP contribution in [-0.2, 0) is 0 Å². The summed E-state index contributed by atoms with van der Waals surface area (Å²) in [4.78, 5) is 0. The zero-order chi connectivity index (χ0) is 18.0. The van der Waals surface area contributed by atoms with Gasteiger partial charge in [0.1, 0.15) is 0 Å². The van der Waals surface area contributed by atoms with Gasteiger partial charge in [-0.25, -0.2) is 0 Å². The quantitative estimate of drug-likeness (QED) is 0.487. The molecule has 128 valence electrons. The maximum atomic E-state index is 4.22. The lowest BCUT2D eigenvalue weighted by Gasteiger charge is -2.26. The number of hydrogen-bond acceptors (Lipinski definition) is 0. The molecule has 24 heavy (non-hydrogen) atoms. The van der Waals surface area contributed by atoms with Gasteiger partial charge in [-0.05, 0) is 48.3 Å². The van der Waals surface area contributed by atoms with Gasteiger partial charge in [0, 0.05) is 5.92 Å². The average molecular weight is 321 g/mol. The minimum Gasteiger partial charge on any atom is -0.0998 e. The van der Waals surface area contributed by atoms with Crippen LogP contribution >= 0.6 is 0 Å². The standard InChI is InChI=1S/C24H32/c1-15(2)18(6)20(8)23-13-17(5)14-24(23)22-11-9-21(10-12-22)19(7)16(3)4/h9-14,16,18,20,24H,1,7H2,2-6,8H3/t18?,20-,24?/m1/s1. The van der Waals surface area contributed by atoms with Crippen molar-refractivity contribution in [3.8, 4) is 0 Å². The first-order chi connectivity index (χ1) is 11.2. The smallest absolute Gasteiger partial charge is 0.0240 e. The summed E-state index contributed by atoms with van der Waals surface area (Å²) in [7, 11) is 0. The number of allylic oxidation sites excluding steroid dienone is 6. The Hall–Kier alpha value is -1.82. The van der Waals surface area contributed by atoms with Gasteiger partial charge < -0.3 is 0 Å². The lowest BCUT2D eigenvalue weighted by atomic mass is 9.78.